The van der Waals surface area contributed by atoms with Crippen molar-refractivity contribution in [1.82, 2.24) is 4.98 Å². The largest absolute Gasteiger partial charge is 0.289 e. The zero-order valence-electron chi connectivity index (χ0n) is 11.0. The first-order chi connectivity index (χ1) is 8.58. The summed E-state index contributed by atoms with van der Waals surface area (Å²) in [5.74, 6) is 0.507. The van der Waals surface area contributed by atoms with Crippen LogP contribution >= 0.6 is 0 Å². The molecule has 18 heavy (non-hydrogen) atoms. The standard InChI is InChI=1S/C16H17NO/c1-11(2)13-6-8-14(9-7-13)16(18)15-5-4-12(3)17-10-15/h4-11H,1-3H3. The Morgan fingerprint density at radius 1 is 1.00 bits per heavy atom. The molecule has 0 atom stereocenters. The number of carbonyl (C=O) groups excluding carboxylic acids is 1. The van der Waals surface area contributed by atoms with Crippen LogP contribution in [0.25, 0.3) is 0 Å². The maximum Gasteiger partial charge on any atom is 0.194 e. The lowest BCUT2D eigenvalue weighted by Gasteiger charge is -2.06. The van der Waals surface area contributed by atoms with E-state index in [1.54, 1.807) is 6.20 Å². The van der Waals surface area contributed by atoms with Crippen LogP contribution in [0.2, 0.25) is 0 Å². The minimum Gasteiger partial charge on any atom is -0.289 e. The van der Waals surface area contributed by atoms with E-state index in [1.165, 1.54) is 5.56 Å². The van der Waals surface area contributed by atoms with Crippen molar-refractivity contribution in [2.75, 3.05) is 0 Å². The summed E-state index contributed by atoms with van der Waals surface area (Å²) in [4.78, 5) is 16.3. The van der Waals surface area contributed by atoms with Crippen molar-refractivity contribution in [3.8, 4) is 0 Å². The van der Waals surface area contributed by atoms with Gasteiger partial charge in [-0.15, -0.1) is 0 Å². The normalized spacial score (nSPS) is 10.7. The Bertz CT molecular complexity index is 538. The molecule has 2 heteroatoms. The van der Waals surface area contributed by atoms with Crippen molar-refractivity contribution in [3.05, 3.63) is 65.0 Å². The highest BCUT2D eigenvalue weighted by Gasteiger charge is 2.09. The number of rotatable bonds is 3. The minimum atomic E-state index is 0.0257. The Hall–Kier alpha value is -1.96. The third kappa shape index (κ3) is 2.65. The summed E-state index contributed by atoms with van der Waals surface area (Å²) in [6.45, 7) is 6.19. The van der Waals surface area contributed by atoms with Crippen molar-refractivity contribution >= 4 is 5.78 Å². The number of aryl methyl sites for hydroxylation is 1. The molecule has 0 aliphatic heterocycles. The molecule has 1 aromatic carbocycles. The highest BCUT2D eigenvalue weighted by atomic mass is 16.1. The predicted octanol–water partition coefficient (Wildman–Crippen LogP) is 3.74. The zero-order chi connectivity index (χ0) is 13.1. The highest BCUT2D eigenvalue weighted by molar-refractivity contribution is 6.08. The fourth-order valence-corrected chi connectivity index (χ4v) is 1.79. The first-order valence-electron chi connectivity index (χ1n) is 6.15. The Labute approximate surface area is 108 Å². The summed E-state index contributed by atoms with van der Waals surface area (Å²) in [5.41, 5.74) is 3.51. The van der Waals surface area contributed by atoms with E-state index in [4.69, 9.17) is 0 Å². The maximum atomic E-state index is 12.2. The van der Waals surface area contributed by atoms with Crippen LogP contribution in [0.4, 0.5) is 0 Å². The van der Waals surface area contributed by atoms with E-state index in [1.807, 2.05) is 43.3 Å². The molecular weight excluding hydrogens is 222 g/mol. The number of aromatic nitrogens is 1. The fraction of sp³-hybridized carbons (Fsp3) is 0.250. The molecule has 92 valence electrons. The molecule has 0 aliphatic carbocycles. The molecular formula is C16H17NO. The lowest BCUT2D eigenvalue weighted by Crippen LogP contribution is -2.02. The molecule has 0 fully saturated rings. The zero-order valence-corrected chi connectivity index (χ0v) is 11.0. The van der Waals surface area contributed by atoms with Gasteiger partial charge in [-0.05, 0) is 30.5 Å². The molecule has 0 saturated carbocycles. The smallest absolute Gasteiger partial charge is 0.194 e. The van der Waals surface area contributed by atoms with Gasteiger partial charge < -0.3 is 0 Å². The van der Waals surface area contributed by atoms with Gasteiger partial charge in [0, 0.05) is 23.0 Å². The molecule has 0 aliphatic rings. The van der Waals surface area contributed by atoms with Crippen LogP contribution in [0.1, 0.15) is 46.9 Å². The number of benzene rings is 1. The van der Waals surface area contributed by atoms with Gasteiger partial charge in [-0.2, -0.15) is 0 Å². The monoisotopic (exact) mass is 239 g/mol. The molecule has 0 saturated heterocycles. The summed E-state index contributed by atoms with van der Waals surface area (Å²) < 4.78 is 0. The van der Waals surface area contributed by atoms with Gasteiger partial charge in [0.2, 0.25) is 0 Å². The van der Waals surface area contributed by atoms with Gasteiger partial charge in [0.15, 0.2) is 5.78 Å². The van der Waals surface area contributed by atoms with Crippen LogP contribution in [-0.2, 0) is 0 Å². The third-order valence-corrected chi connectivity index (χ3v) is 3.01. The van der Waals surface area contributed by atoms with Crippen molar-refractivity contribution in [3.63, 3.8) is 0 Å². The van der Waals surface area contributed by atoms with Gasteiger partial charge in [0.1, 0.15) is 0 Å². The fourth-order valence-electron chi connectivity index (χ4n) is 1.79. The van der Waals surface area contributed by atoms with E-state index < -0.39 is 0 Å². The highest BCUT2D eigenvalue weighted by Crippen LogP contribution is 2.16. The molecule has 1 heterocycles. The molecule has 0 radical (unpaired) electrons. The molecule has 2 nitrogen and oxygen atoms in total. The number of ketones is 1. The van der Waals surface area contributed by atoms with E-state index in [0.717, 1.165) is 5.69 Å². The van der Waals surface area contributed by atoms with E-state index in [9.17, 15) is 4.79 Å². The van der Waals surface area contributed by atoms with E-state index in [0.29, 0.717) is 17.0 Å². The Morgan fingerprint density at radius 3 is 2.11 bits per heavy atom. The van der Waals surface area contributed by atoms with Crippen molar-refractivity contribution in [2.45, 2.75) is 26.7 Å². The molecule has 0 amide bonds. The Kier molecular flexibility index (Phi) is 3.56. The van der Waals surface area contributed by atoms with Crippen molar-refractivity contribution in [1.29, 1.82) is 0 Å². The molecule has 0 unspecified atom stereocenters. The second-order valence-electron chi connectivity index (χ2n) is 4.79. The molecule has 2 aromatic rings. The molecule has 1 aromatic heterocycles. The number of nitrogens with zero attached hydrogens (tertiary/aromatic N) is 1. The van der Waals surface area contributed by atoms with Crippen LogP contribution in [0.15, 0.2) is 42.6 Å². The Balaban J connectivity index is 2.26. The van der Waals surface area contributed by atoms with Gasteiger partial charge in [0.25, 0.3) is 0 Å². The molecule has 0 bridgehead atoms. The van der Waals surface area contributed by atoms with E-state index in [-0.39, 0.29) is 5.78 Å². The van der Waals surface area contributed by atoms with E-state index >= 15 is 0 Å². The predicted molar refractivity (Wildman–Crippen MR) is 72.9 cm³/mol. The molecule has 2 rings (SSSR count). The van der Waals surface area contributed by atoms with Crippen molar-refractivity contribution < 1.29 is 4.79 Å². The molecule has 0 N–H and O–H groups in total. The summed E-state index contributed by atoms with van der Waals surface area (Å²) >= 11 is 0. The van der Waals surface area contributed by atoms with Gasteiger partial charge in [0.05, 0.1) is 0 Å². The Morgan fingerprint density at radius 2 is 1.61 bits per heavy atom. The second kappa shape index (κ2) is 5.13. The van der Waals surface area contributed by atoms with Gasteiger partial charge >= 0.3 is 0 Å². The summed E-state index contributed by atoms with van der Waals surface area (Å²) in [6.07, 6.45) is 1.63. The number of pyridine rings is 1. The van der Waals surface area contributed by atoms with Gasteiger partial charge in [-0.1, -0.05) is 38.1 Å². The van der Waals surface area contributed by atoms with Crippen LogP contribution in [0.5, 0.6) is 0 Å². The van der Waals surface area contributed by atoms with Crippen LogP contribution in [0.3, 0.4) is 0 Å². The van der Waals surface area contributed by atoms with Gasteiger partial charge in [-0.3, -0.25) is 9.78 Å². The number of hydrogen-bond acceptors (Lipinski definition) is 2. The minimum absolute atomic E-state index is 0.0257. The van der Waals surface area contributed by atoms with Crippen LogP contribution < -0.4 is 0 Å². The summed E-state index contributed by atoms with van der Waals surface area (Å²) in [7, 11) is 0. The van der Waals surface area contributed by atoms with Crippen molar-refractivity contribution in [2.24, 2.45) is 0 Å². The van der Waals surface area contributed by atoms with Crippen LogP contribution in [0, 0.1) is 6.92 Å². The van der Waals surface area contributed by atoms with E-state index in [2.05, 4.69) is 18.8 Å². The average molecular weight is 239 g/mol. The number of hydrogen-bond donors (Lipinski definition) is 0. The maximum absolute atomic E-state index is 12.2. The second-order valence-corrected chi connectivity index (χ2v) is 4.79. The third-order valence-electron chi connectivity index (χ3n) is 3.01. The quantitative estimate of drug-likeness (QED) is 0.764. The van der Waals surface area contributed by atoms with Gasteiger partial charge in [-0.25, -0.2) is 0 Å². The topological polar surface area (TPSA) is 30.0 Å². The van der Waals surface area contributed by atoms with Crippen LogP contribution in [-0.4, -0.2) is 10.8 Å². The first kappa shape index (κ1) is 12.5. The SMILES string of the molecule is Cc1ccc(C(=O)c2ccc(C(C)C)cc2)cn1. The lowest BCUT2D eigenvalue weighted by atomic mass is 9.98. The number of carbonyl (C=O) groups is 1. The molecule has 0 spiro atoms. The lowest BCUT2D eigenvalue weighted by molar-refractivity contribution is 0.103. The average Bonchev–Trinajstić information content (AvgIpc) is 2.39. The summed E-state index contributed by atoms with van der Waals surface area (Å²) in [6, 6.07) is 11.5. The first-order valence-corrected chi connectivity index (χ1v) is 6.15. The summed E-state index contributed by atoms with van der Waals surface area (Å²) in [5, 5.41) is 0.